The fourth-order valence-electron chi connectivity index (χ4n) is 1.16. The van der Waals surface area contributed by atoms with Gasteiger partial charge in [0.1, 0.15) is 0 Å². The molecule has 2 heteroatoms. The molecule has 2 nitrogen and oxygen atoms in total. The minimum Gasteiger partial charge on any atom is -0.368 e. The van der Waals surface area contributed by atoms with Crippen molar-refractivity contribution in [3.63, 3.8) is 0 Å². The van der Waals surface area contributed by atoms with Crippen molar-refractivity contribution in [2.75, 3.05) is 11.9 Å². The molecule has 0 radical (unpaired) electrons. The van der Waals surface area contributed by atoms with Gasteiger partial charge in [0.05, 0.1) is 11.6 Å². The van der Waals surface area contributed by atoms with Crippen molar-refractivity contribution in [1.82, 2.24) is 0 Å². The van der Waals surface area contributed by atoms with Gasteiger partial charge in [0.15, 0.2) is 0 Å². The molecule has 0 aliphatic rings. The van der Waals surface area contributed by atoms with E-state index in [1.165, 1.54) is 0 Å². The molecule has 1 aromatic rings. The van der Waals surface area contributed by atoms with E-state index in [0.717, 1.165) is 5.69 Å². The van der Waals surface area contributed by atoms with E-state index in [0.29, 0.717) is 11.6 Å². The molecule has 0 bridgehead atoms. The molecular formula is C12H14N2. The summed E-state index contributed by atoms with van der Waals surface area (Å²) in [6.45, 7) is 5.82. The highest BCUT2D eigenvalue weighted by atomic mass is 15.1. The fourth-order valence-corrected chi connectivity index (χ4v) is 1.16. The van der Waals surface area contributed by atoms with Crippen molar-refractivity contribution in [2.45, 2.75) is 13.0 Å². The standard InChI is InChI=1S/C12H14N2/c1-4-10(2)14(3)12-7-5-11(9-13)6-8-12/h4-8,10H,1H2,2-3H3. The Labute approximate surface area is 85.1 Å². The maximum absolute atomic E-state index is 8.64. The van der Waals surface area contributed by atoms with Crippen LogP contribution < -0.4 is 4.90 Å². The lowest BCUT2D eigenvalue weighted by Gasteiger charge is -2.24. The van der Waals surface area contributed by atoms with Crippen molar-refractivity contribution in [3.05, 3.63) is 42.5 Å². The summed E-state index contributed by atoms with van der Waals surface area (Å²) >= 11 is 0. The van der Waals surface area contributed by atoms with Gasteiger partial charge >= 0.3 is 0 Å². The first-order valence-electron chi connectivity index (χ1n) is 4.54. The Morgan fingerprint density at radius 1 is 1.43 bits per heavy atom. The summed E-state index contributed by atoms with van der Waals surface area (Å²) in [5.41, 5.74) is 1.78. The molecule has 72 valence electrons. The number of hydrogen-bond acceptors (Lipinski definition) is 2. The Bertz CT molecular complexity index is 346. The van der Waals surface area contributed by atoms with Gasteiger partial charge in [0.2, 0.25) is 0 Å². The monoisotopic (exact) mass is 186 g/mol. The van der Waals surface area contributed by atoms with E-state index in [-0.39, 0.29) is 0 Å². The van der Waals surface area contributed by atoms with Crippen molar-refractivity contribution < 1.29 is 0 Å². The van der Waals surface area contributed by atoms with Gasteiger partial charge in [0.25, 0.3) is 0 Å². The molecule has 0 amide bonds. The van der Waals surface area contributed by atoms with Crippen molar-refractivity contribution in [3.8, 4) is 6.07 Å². The highest BCUT2D eigenvalue weighted by Gasteiger charge is 2.05. The number of rotatable bonds is 3. The third-order valence-corrected chi connectivity index (χ3v) is 2.36. The molecule has 1 rings (SSSR count). The number of hydrogen-bond donors (Lipinski definition) is 0. The van der Waals surface area contributed by atoms with Gasteiger partial charge in [-0.2, -0.15) is 5.26 Å². The topological polar surface area (TPSA) is 27.0 Å². The minimum absolute atomic E-state index is 0.294. The first-order chi connectivity index (χ1) is 6.69. The average molecular weight is 186 g/mol. The second-order valence-electron chi connectivity index (χ2n) is 3.25. The van der Waals surface area contributed by atoms with E-state index in [4.69, 9.17) is 5.26 Å². The lowest BCUT2D eigenvalue weighted by Crippen LogP contribution is -2.26. The predicted molar refractivity (Wildman–Crippen MR) is 59.2 cm³/mol. The smallest absolute Gasteiger partial charge is 0.0991 e. The van der Waals surface area contributed by atoms with Crippen LogP contribution in [0.15, 0.2) is 36.9 Å². The maximum atomic E-state index is 8.64. The van der Waals surface area contributed by atoms with Crippen molar-refractivity contribution in [2.24, 2.45) is 0 Å². The molecule has 0 aliphatic heterocycles. The van der Waals surface area contributed by atoms with Gasteiger partial charge in [-0.15, -0.1) is 6.58 Å². The molecule has 0 N–H and O–H groups in total. The van der Waals surface area contributed by atoms with Gasteiger partial charge in [-0.05, 0) is 31.2 Å². The van der Waals surface area contributed by atoms with Crippen LogP contribution in [0, 0.1) is 11.3 Å². The summed E-state index contributed by atoms with van der Waals surface area (Å²) in [5.74, 6) is 0. The van der Waals surface area contributed by atoms with Gasteiger partial charge in [0, 0.05) is 18.8 Å². The molecule has 0 aliphatic carbocycles. The second-order valence-corrected chi connectivity index (χ2v) is 3.25. The zero-order valence-electron chi connectivity index (χ0n) is 8.57. The summed E-state index contributed by atoms with van der Waals surface area (Å²) in [4.78, 5) is 2.11. The summed E-state index contributed by atoms with van der Waals surface area (Å²) in [6, 6.07) is 9.92. The zero-order valence-corrected chi connectivity index (χ0v) is 8.57. The lowest BCUT2D eigenvalue weighted by atomic mass is 10.2. The molecule has 0 spiro atoms. The molecule has 1 atom stereocenters. The van der Waals surface area contributed by atoms with Gasteiger partial charge in [-0.1, -0.05) is 6.08 Å². The first kappa shape index (κ1) is 10.3. The van der Waals surface area contributed by atoms with E-state index >= 15 is 0 Å². The highest BCUT2D eigenvalue weighted by molar-refractivity contribution is 5.50. The third-order valence-electron chi connectivity index (χ3n) is 2.36. The molecule has 14 heavy (non-hydrogen) atoms. The van der Waals surface area contributed by atoms with Crippen molar-refractivity contribution in [1.29, 1.82) is 5.26 Å². The zero-order chi connectivity index (χ0) is 10.6. The number of likely N-dealkylation sites (N-methyl/N-ethyl adjacent to an activating group) is 1. The molecule has 0 aromatic heterocycles. The van der Waals surface area contributed by atoms with Gasteiger partial charge in [-0.3, -0.25) is 0 Å². The molecule has 0 saturated heterocycles. The molecule has 0 fully saturated rings. The predicted octanol–water partition coefficient (Wildman–Crippen LogP) is 2.57. The van der Waals surface area contributed by atoms with Crippen LogP contribution in [0.5, 0.6) is 0 Å². The van der Waals surface area contributed by atoms with Crippen LogP contribution in [0.4, 0.5) is 5.69 Å². The molecule has 1 unspecified atom stereocenters. The Morgan fingerprint density at radius 2 is 2.00 bits per heavy atom. The Morgan fingerprint density at radius 3 is 2.43 bits per heavy atom. The summed E-state index contributed by atoms with van der Waals surface area (Å²) in [6.07, 6.45) is 1.89. The van der Waals surface area contributed by atoms with Crippen LogP contribution in [0.25, 0.3) is 0 Å². The molecule has 0 saturated carbocycles. The molecule has 0 heterocycles. The van der Waals surface area contributed by atoms with Crippen LogP contribution in [-0.2, 0) is 0 Å². The minimum atomic E-state index is 0.294. The fraction of sp³-hybridized carbons (Fsp3) is 0.250. The summed E-state index contributed by atoms with van der Waals surface area (Å²) in [5, 5.41) is 8.64. The van der Waals surface area contributed by atoms with E-state index in [9.17, 15) is 0 Å². The Hall–Kier alpha value is -1.75. The van der Waals surface area contributed by atoms with Crippen LogP contribution in [-0.4, -0.2) is 13.1 Å². The second kappa shape index (κ2) is 4.48. The van der Waals surface area contributed by atoms with Gasteiger partial charge < -0.3 is 4.90 Å². The van der Waals surface area contributed by atoms with Crippen molar-refractivity contribution >= 4 is 5.69 Å². The molecule has 1 aromatic carbocycles. The van der Waals surface area contributed by atoms with E-state index in [2.05, 4.69) is 24.5 Å². The Balaban J connectivity index is 2.87. The maximum Gasteiger partial charge on any atom is 0.0991 e. The summed E-state index contributed by atoms with van der Waals surface area (Å²) < 4.78 is 0. The lowest BCUT2D eigenvalue weighted by molar-refractivity contribution is 0.825. The number of nitriles is 1. The number of anilines is 1. The SMILES string of the molecule is C=CC(C)N(C)c1ccc(C#N)cc1. The Kier molecular flexibility index (Phi) is 3.30. The van der Waals surface area contributed by atoms with Crippen LogP contribution >= 0.6 is 0 Å². The third kappa shape index (κ3) is 2.14. The van der Waals surface area contributed by atoms with Crippen LogP contribution in [0.3, 0.4) is 0 Å². The number of benzene rings is 1. The molecular weight excluding hydrogens is 172 g/mol. The van der Waals surface area contributed by atoms with Crippen LogP contribution in [0.2, 0.25) is 0 Å². The van der Waals surface area contributed by atoms with E-state index in [1.54, 1.807) is 0 Å². The normalized spacial score (nSPS) is 11.5. The summed E-state index contributed by atoms with van der Waals surface area (Å²) in [7, 11) is 2.01. The largest absolute Gasteiger partial charge is 0.368 e. The van der Waals surface area contributed by atoms with Crippen LogP contribution in [0.1, 0.15) is 12.5 Å². The number of nitrogens with zero attached hydrogens (tertiary/aromatic N) is 2. The average Bonchev–Trinajstić information content (AvgIpc) is 2.27. The van der Waals surface area contributed by atoms with Gasteiger partial charge in [-0.25, -0.2) is 0 Å². The van der Waals surface area contributed by atoms with E-state index in [1.807, 2.05) is 37.4 Å². The highest BCUT2D eigenvalue weighted by Crippen LogP contribution is 2.15. The quantitative estimate of drug-likeness (QED) is 0.678. The first-order valence-corrected chi connectivity index (χ1v) is 4.54. The van der Waals surface area contributed by atoms with E-state index < -0.39 is 0 Å².